The Labute approximate surface area is 114 Å². The van der Waals surface area contributed by atoms with Crippen molar-refractivity contribution < 1.29 is 4.74 Å². The topological polar surface area (TPSA) is 9.23 Å². The Morgan fingerprint density at radius 1 is 0.833 bits per heavy atom. The predicted molar refractivity (Wildman–Crippen MR) is 77.6 cm³/mol. The lowest BCUT2D eigenvalue weighted by Crippen LogP contribution is -2.52. The molecular formula is C17H32O. The van der Waals surface area contributed by atoms with E-state index in [4.69, 9.17) is 4.74 Å². The fourth-order valence-corrected chi connectivity index (χ4v) is 4.41. The molecule has 18 heavy (non-hydrogen) atoms. The Morgan fingerprint density at radius 2 is 1.44 bits per heavy atom. The van der Waals surface area contributed by atoms with E-state index in [0.29, 0.717) is 22.9 Å². The van der Waals surface area contributed by atoms with Gasteiger partial charge in [0.1, 0.15) is 0 Å². The van der Waals surface area contributed by atoms with Gasteiger partial charge in [0, 0.05) is 0 Å². The molecule has 1 nitrogen and oxygen atoms in total. The molecule has 2 rings (SSSR count). The molecule has 1 heterocycles. The van der Waals surface area contributed by atoms with Crippen LogP contribution in [-0.2, 0) is 4.74 Å². The van der Waals surface area contributed by atoms with Gasteiger partial charge < -0.3 is 4.74 Å². The zero-order valence-corrected chi connectivity index (χ0v) is 13.3. The van der Waals surface area contributed by atoms with E-state index in [1.807, 2.05) is 0 Å². The highest BCUT2D eigenvalue weighted by atomic mass is 16.5. The number of rotatable bonds is 0. The van der Waals surface area contributed by atoms with Crippen LogP contribution in [0.5, 0.6) is 0 Å². The summed E-state index contributed by atoms with van der Waals surface area (Å²) >= 11 is 0. The van der Waals surface area contributed by atoms with Gasteiger partial charge in [0.25, 0.3) is 0 Å². The summed E-state index contributed by atoms with van der Waals surface area (Å²) in [5.74, 6) is 2.32. The van der Waals surface area contributed by atoms with E-state index >= 15 is 0 Å². The number of hydrogen-bond donors (Lipinski definition) is 0. The Balaban J connectivity index is 2.28. The van der Waals surface area contributed by atoms with Gasteiger partial charge in [-0.25, -0.2) is 0 Å². The van der Waals surface area contributed by atoms with Crippen molar-refractivity contribution in [1.29, 1.82) is 0 Å². The Hall–Kier alpha value is -0.0400. The summed E-state index contributed by atoms with van der Waals surface area (Å²) in [7, 11) is 0. The lowest BCUT2D eigenvalue weighted by Gasteiger charge is -2.54. The average Bonchev–Trinajstić information content (AvgIpc) is 2.24. The summed E-state index contributed by atoms with van der Waals surface area (Å²) < 4.78 is 6.25. The molecule has 1 heteroatoms. The molecule has 0 spiro atoms. The first-order chi connectivity index (χ1) is 8.21. The van der Waals surface area contributed by atoms with E-state index in [2.05, 4.69) is 41.5 Å². The van der Waals surface area contributed by atoms with E-state index in [-0.39, 0.29) is 0 Å². The van der Waals surface area contributed by atoms with Crippen LogP contribution in [0.1, 0.15) is 67.2 Å². The molecule has 0 bridgehead atoms. The monoisotopic (exact) mass is 252 g/mol. The molecule has 0 radical (unpaired) electrons. The lowest BCUT2D eigenvalue weighted by atomic mass is 9.56. The van der Waals surface area contributed by atoms with Crippen molar-refractivity contribution in [3.8, 4) is 0 Å². The summed E-state index contributed by atoms with van der Waals surface area (Å²) in [5, 5.41) is 0. The number of fused-ring (bicyclic) bond motifs is 1. The van der Waals surface area contributed by atoms with Crippen molar-refractivity contribution in [3.63, 3.8) is 0 Å². The zero-order chi connectivity index (χ0) is 13.6. The third-order valence-electron chi connectivity index (χ3n) is 5.25. The molecule has 2 unspecified atom stereocenters. The SMILES string of the molecule is CC(C)(C)C1[C@H]2CCCCC2OC[C@H]1C(C)(C)C. The summed E-state index contributed by atoms with van der Waals surface area (Å²) in [4.78, 5) is 0. The molecular weight excluding hydrogens is 220 g/mol. The first-order valence-corrected chi connectivity index (χ1v) is 7.83. The average molecular weight is 252 g/mol. The predicted octanol–water partition coefficient (Wildman–Crippen LogP) is 4.90. The standard InChI is InChI=1S/C17H32O/c1-16(2,3)13-11-18-14-10-8-7-9-12(14)15(13)17(4,5)6/h12-15H,7-11H2,1-6H3/t12-,13+,14?,15?/m0/s1. The molecule has 0 amide bonds. The molecule has 4 atom stereocenters. The van der Waals surface area contributed by atoms with Crippen LogP contribution in [-0.4, -0.2) is 12.7 Å². The van der Waals surface area contributed by atoms with Crippen LogP contribution in [0.25, 0.3) is 0 Å². The second-order valence-corrected chi connectivity index (χ2v) is 8.68. The van der Waals surface area contributed by atoms with Crippen molar-refractivity contribution in [3.05, 3.63) is 0 Å². The summed E-state index contributed by atoms with van der Waals surface area (Å²) in [6, 6.07) is 0. The summed E-state index contributed by atoms with van der Waals surface area (Å²) in [6.07, 6.45) is 6.03. The maximum absolute atomic E-state index is 6.25. The third kappa shape index (κ3) is 2.76. The van der Waals surface area contributed by atoms with Crippen molar-refractivity contribution >= 4 is 0 Å². The second kappa shape index (κ2) is 4.81. The van der Waals surface area contributed by atoms with Gasteiger partial charge in [-0.15, -0.1) is 0 Å². The van der Waals surface area contributed by atoms with Gasteiger partial charge in [-0.05, 0) is 41.4 Å². The van der Waals surface area contributed by atoms with E-state index < -0.39 is 0 Å². The highest BCUT2D eigenvalue weighted by Crippen LogP contribution is 2.52. The van der Waals surface area contributed by atoms with E-state index in [0.717, 1.165) is 18.4 Å². The quantitative estimate of drug-likeness (QED) is 0.596. The molecule has 1 aliphatic carbocycles. The van der Waals surface area contributed by atoms with Crippen LogP contribution >= 0.6 is 0 Å². The van der Waals surface area contributed by atoms with Crippen molar-refractivity contribution in [1.82, 2.24) is 0 Å². The summed E-state index contributed by atoms with van der Waals surface area (Å²) in [5.41, 5.74) is 0.766. The molecule has 1 aliphatic heterocycles. The fraction of sp³-hybridized carbons (Fsp3) is 1.00. The van der Waals surface area contributed by atoms with Gasteiger partial charge in [0.15, 0.2) is 0 Å². The molecule has 2 aliphatic rings. The van der Waals surface area contributed by atoms with E-state index in [9.17, 15) is 0 Å². The molecule has 0 aromatic carbocycles. The Bertz CT molecular complexity index is 281. The molecule has 0 aromatic heterocycles. The normalized spacial score (nSPS) is 38.3. The molecule has 1 saturated carbocycles. The maximum Gasteiger partial charge on any atom is 0.0606 e. The zero-order valence-electron chi connectivity index (χ0n) is 13.3. The van der Waals surface area contributed by atoms with Crippen LogP contribution in [0.15, 0.2) is 0 Å². The van der Waals surface area contributed by atoms with Crippen LogP contribution in [0.4, 0.5) is 0 Å². The van der Waals surface area contributed by atoms with E-state index in [1.165, 1.54) is 25.7 Å². The first kappa shape index (κ1) is 14.4. The minimum absolute atomic E-state index is 0.361. The highest BCUT2D eigenvalue weighted by molar-refractivity contribution is 4.97. The van der Waals surface area contributed by atoms with Crippen molar-refractivity contribution in [2.24, 2.45) is 28.6 Å². The molecule has 2 fully saturated rings. The minimum atomic E-state index is 0.361. The van der Waals surface area contributed by atoms with Gasteiger partial charge in [0.05, 0.1) is 12.7 Å². The van der Waals surface area contributed by atoms with Gasteiger partial charge in [-0.2, -0.15) is 0 Å². The molecule has 0 aromatic rings. The highest BCUT2D eigenvalue weighted by Gasteiger charge is 2.49. The van der Waals surface area contributed by atoms with Crippen LogP contribution in [0, 0.1) is 28.6 Å². The largest absolute Gasteiger partial charge is 0.378 e. The van der Waals surface area contributed by atoms with Crippen LogP contribution in [0.3, 0.4) is 0 Å². The van der Waals surface area contributed by atoms with Crippen LogP contribution < -0.4 is 0 Å². The van der Waals surface area contributed by atoms with Gasteiger partial charge in [0.2, 0.25) is 0 Å². The molecule has 1 saturated heterocycles. The fourth-order valence-electron chi connectivity index (χ4n) is 4.41. The Morgan fingerprint density at radius 3 is 2.00 bits per heavy atom. The van der Waals surface area contributed by atoms with Crippen molar-refractivity contribution in [2.75, 3.05) is 6.61 Å². The number of hydrogen-bond acceptors (Lipinski definition) is 1. The third-order valence-corrected chi connectivity index (χ3v) is 5.25. The van der Waals surface area contributed by atoms with Gasteiger partial charge >= 0.3 is 0 Å². The molecule has 0 N–H and O–H groups in total. The van der Waals surface area contributed by atoms with Crippen LogP contribution in [0.2, 0.25) is 0 Å². The van der Waals surface area contributed by atoms with Crippen molar-refractivity contribution in [2.45, 2.75) is 73.3 Å². The minimum Gasteiger partial charge on any atom is -0.378 e. The van der Waals surface area contributed by atoms with E-state index in [1.54, 1.807) is 0 Å². The van der Waals surface area contributed by atoms with Gasteiger partial charge in [-0.1, -0.05) is 54.4 Å². The Kier molecular flexibility index (Phi) is 3.84. The molecule has 106 valence electrons. The lowest BCUT2D eigenvalue weighted by molar-refractivity contribution is -0.161. The summed E-state index contributed by atoms with van der Waals surface area (Å²) in [6.45, 7) is 15.5. The van der Waals surface area contributed by atoms with Gasteiger partial charge in [-0.3, -0.25) is 0 Å². The second-order valence-electron chi connectivity index (χ2n) is 8.68. The first-order valence-electron chi connectivity index (χ1n) is 7.83. The number of ether oxygens (including phenoxy) is 1. The maximum atomic E-state index is 6.25. The smallest absolute Gasteiger partial charge is 0.0606 e.